The predicted octanol–water partition coefficient (Wildman–Crippen LogP) is 4.43. The van der Waals surface area contributed by atoms with Crippen LogP contribution in [0.15, 0.2) is 28.7 Å². The van der Waals surface area contributed by atoms with Gasteiger partial charge in [-0.3, -0.25) is 0 Å². The smallest absolute Gasteiger partial charge is 0.0546 e. The molecule has 0 spiro atoms. The van der Waals surface area contributed by atoms with Gasteiger partial charge in [0.15, 0.2) is 0 Å². The average molecular weight is 350 g/mol. The predicted molar refractivity (Wildman–Crippen MR) is 76.2 cm³/mol. The van der Waals surface area contributed by atoms with Crippen LogP contribution in [0.5, 0.6) is 0 Å². The van der Waals surface area contributed by atoms with Gasteiger partial charge in [-0.25, -0.2) is 0 Å². The Hall–Kier alpha value is 0.140. The molecule has 0 fully saturated rings. The minimum atomic E-state index is 0.331. The van der Waals surface area contributed by atoms with Gasteiger partial charge in [0.25, 0.3) is 0 Å². The van der Waals surface area contributed by atoms with Gasteiger partial charge < -0.3 is 4.74 Å². The van der Waals surface area contributed by atoms with Crippen LogP contribution in [0.3, 0.4) is 0 Å². The number of hydrogen-bond acceptors (Lipinski definition) is 1. The monoisotopic (exact) mass is 348 g/mol. The third-order valence-electron chi connectivity index (χ3n) is 2.72. The van der Waals surface area contributed by atoms with Crippen LogP contribution in [-0.2, 0) is 11.2 Å². The SMILES string of the molecule is COC(C)CC(CBr)Cc1ccc(Br)cc1. The first-order valence-corrected chi connectivity index (χ1v) is 7.40. The van der Waals surface area contributed by atoms with E-state index in [2.05, 4.69) is 63.0 Å². The molecule has 0 bridgehead atoms. The summed E-state index contributed by atoms with van der Waals surface area (Å²) in [6.07, 6.45) is 2.53. The lowest BCUT2D eigenvalue weighted by Gasteiger charge is -2.18. The fraction of sp³-hybridized carbons (Fsp3) is 0.538. The van der Waals surface area contributed by atoms with Crippen molar-refractivity contribution >= 4 is 31.9 Å². The highest BCUT2D eigenvalue weighted by atomic mass is 79.9. The van der Waals surface area contributed by atoms with Crippen molar-refractivity contribution in [3.05, 3.63) is 34.3 Å². The Balaban J connectivity index is 2.52. The summed E-state index contributed by atoms with van der Waals surface area (Å²) in [4.78, 5) is 0. The second kappa shape index (κ2) is 7.46. The van der Waals surface area contributed by atoms with E-state index in [4.69, 9.17) is 4.74 Å². The Kier molecular flexibility index (Phi) is 6.62. The Morgan fingerprint density at radius 3 is 2.38 bits per heavy atom. The first-order chi connectivity index (χ1) is 7.65. The lowest BCUT2D eigenvalue weighted by molar-refractivity contribution is 0.0981. The summed E-state index contributed by atoms with van der Waals surface area (Å²) < 4.78 is 6.45. The number of methoxy groups -OCH3 is 1. The van der Waals surface area contributed by atoms with Crippen molar-refractivity contribution in [2.75, 3.05) is 12.4 Å². The highest BCUT2D eigenvalue weighted by Crippen LogP contribution is 2.19. The van der Waals surface area contributed by atoms with Crippen LogP contribution in [0.4, 0.5) is 0 Å². The molecule has 2 atom stereocenters. The topological polar surface area (TPSA) is 9.23 Å². The zero-order valence-electron chi connectivity index (χ0n) is 9.75. The summed E-state index contributed by atoms with van der Waals surface area (Å²) in [5.74, 6) is 0.635. The van der Waals surface area contributed by atoms with E-state index in [1.165, 1.54) is 5.56 Å². The Labute approximate surface area is 115 Å². The van der Waals surface area contributed by atoms with Crippen LogP contribution in [-0.4, -0.2) is 18.5 Å². The fourth-order valence-corrected chi connectivity index (χ4v) is 2.48. The quantitative estimate of drug-likeness (QED) is 0.690. The maximum Gasteiger partial charge on any atom is 0.0546 e. The molecule has 1 aromatic rings. The van der Waals surface area contributed by atoms with E-state index in [1.807, 2.05) is 0 Å². The fourth-order valence-electron chi connectivity index (χ4n) is 1.72. The number of ether oxygens (including phenoxy) is 1. The maximum atomic E-state index is 5.31. The van der Waals surface area contributed by atoms with Crippen molar-refractivity contribution in [3.63, 3.8) is 0 Å². The van der Waals surface area contributed by atoms with Crippen LogP contribution in [0.2, 0.25) is 0 Å². The molecular formula is C13H18Br2O. The molecular weight excluding hydrogens is 332 g/mol. The number of benzene rings is 1. The molecule has 0 N–H and O–H groups in total. The standard InChI is InChI=1S/C13H18Br2O/c1-10(16-2)7-12(9-14)8-11-3-5-13(15)6-4-11/h3-6,10,12H,7-9H2,1-2H3. The lowest BCUT2D eigenvalue weighted by atomic mass is 9.96. The van der Waals surface area contributed by atoms with E-state index >= 15 is 0 Å². The molecule has 90 valence electrons. The van der Waals surface area contributed by atoms with E-state index in [0.717, 1.165) is 22.6 Å². The molecule has 0 saturated carbocycles. The van der Waals surface area contributed by atoms with Crippen LogP contribution in [0.1, 0.15) is 18.9 Å². The van der Waals surface area contributed by atoms with Crippen molar-refractivity contribution in [3.8, 4) is 0 Å². The zero-order chi connectivity index (χ0) is 12.0. The summed E-state index contributed by atoms with van der Waals surface area (Å²) in [6.45, 7) is 2.12. The Morgan fingerprint density at radius 1 is 1.25 bits per heavy atom. The van der Waals surface area contributed by atoms with Gasteiger partial charge in [-0.05, 0) is 43.4 Å². The number of hydrogen-bond donors (Lipinski definition) is 0. The second-order valence-electron chi connectivity index (χ2n) is 4.13. The minimum absolute atomic E-state index is 0.331. The Bertz CT molecular complexity index is 297. The highest BCUT2D eigenvalue weighted by molar-refractivity contribution is 9.10. The molecule has 0 saturated heterocycles. The van der Waals surface area contributed by atoms with Gasteiger partial charge in [0, 0.05) is 16.9 Å². The molecule has 0 amide bonds. The molecule has 3 heteroatoms. The van der Waals surface area contributed by atoms with Crippen LogP contribution in [0, 0.1) is 5.92 Å². The summed E-state index contributed by atoms with van der Waals surface area (Å²) in [5.41, 5.74) is 1.39. The van der Waals surface area contributed by atoms with E-state index in [1.54, 1.807) is 7.11 Å². The Morgan fingerprint density at radius 2 is 1.88 bits per heavy atom. The number of alkyl halides is 1. The number of rotatable bonds is 6. The van der Waals surface area contributed by atoms with Gasteiger partial charge >= 0.3 is 0 Å². The summed E-state index contributed by atoms with van der Waals surface area (Å²) in [6, 6.07) is 8.55. The molecule has 16 heavy (non-hydrogen) atoms. The van der Waals surface area contributed by atoms with E-state index in [9.17, 15) is 0 Å². The van der Waals surface area contributed by atoms with E-state index in [0.29, 0.717) is 12.0 Å². The van der Waals surface area contributed by atoms with Gasteiger partial charge in [0.2, 0.25) is 0 Å². The minimum Gasteiger partial charge on any atom is -0.382 e. The van der Waals surface area contributed by atoms with Crippen molar-refractivity contribution in [2.45, 2.75) is 25.9 Å². The molecule has 1 nitrogen and oxygen atoms in total. The third kappa shape index (κ3) is 4.98. The van der Waals surface area contributed by atoms with Crippen molar-refractivity contribution in [1.82, 2.24) is 0 Å². The largest absolute Gasteiger partial charge is 0.382 e. The van der Waals surface area contributed by atoms with Gasteiger partial charge in [-0.1, -0.05) is 44.0 Å². The second-order valence-corrected chi connectivity index (χ2v) is 5.70. The van der Waals surface area contributed by atoms with E-state index < -0.39 is 0 Å². The molecule has 0 aliphatic heterocycles. The van der Waals surface area contributed by atoms with Crippen LogP contribution >= 0.6 is 31.9 Å². The summed E-state index contributed by atoms with van der Waals surface area (Å²) in [7, 11) is 1.77. The van der Waals surface area contributed by atoms with Crippen LogP contribution < -0.4 is 0 Å². The zero-order valence-corrected chi connectivity index (χ0v) is 12.9. The first kappa shape index (κ1) is 14.2. The van der Waals surface area contributed by atoms with Gasteiger partial charge in [0.1, 0.15) is 0 Å². The summed E-state index contributed by atoms with van der Waals surface area (Å²) >= 11 is 7.03. The van der Waals surface area contributed by atoms with Gasteiger partial charge in [0.05, 0.1) is 6.10 Å². The molecule has 1 rings (SSSR count). The molecule has 1 aromatic carbocycles. The molecule has 0 radical (unpaired) electrons. The van der Waals surface area contributed by atoms with Gasteiger partial charge in [-0.15, -0.1) is 0 Å². The maximum absolute atomic E-state index is 5.31. The molecule has 0 heterocycles. The summed E-state index contributed by atoms with van der Waals surface area (Å²) in [5, 5.41) is 1.02. The first-order valence-electron chi connectivity index (χ1n) is 5.49. The third-order valence-corrected chi connectivity index (χ3v) is 4.17. The molecule has 0 aromatic heterocycles. The van der Waals surface area contributed by atoms with Crippen LogP contribution in [0.25, 0.3) is 0 Å². The van der Waals surface area contributed by atoms with Crippen molar-refractivity contribution in [2.24, 2.45) is 5.92 Å². The van der Waals surface area contributed by atoms with Gasteiger partial charge in [-0.2, -0.15) is 0 Å². The number of halogens is 2. The molecule has 0 aliphatic rings. The highest BCUT2D eigenvalue weighted by Gasteiger charge is 2.12. The lowest BCUT2D eigenvalue weighted by Crippen LogP contribution is -2.15. The molecule has 0 aliphatic carbocycles. The average Bonchev–Trinajstić information content (AvgIpc) is 2.30. The normalized spacial score (nSPS) is 14.8. The van der Waals surface area contributed by atoms with Crippen molar-refractivity contribution < 1.29 is 4.74 Å². The van der Waals surface area contributed by atoms with E-state index in [-0.39, 0.29) is 0 Å². The molecule has 2 unspecified atom stereocenters. The van der Waals surface area contributed by atoms with Crippen molar-refractivity contribution in [1.29, 1.82) is 0 Å².